The molecule has 1 heteroatoms. The highest BCUT2D eigenvalue weighted by Gasteiger charge is 1.93. The van der Waals surface area contributed by atoms with Gasteiger partial charge in [0.05, 0.1) is 0 Å². The van der Waals surface area contributed by atoms with Gasteiger partial charge in [0.15, 0.2) is 0 Å². The van der Waals surface area contributed by atoms with E-state index in [1.165, 1.54) is 69.3 Å². The summed E-state index contributed by atoms with van der Waals surface area (Å²) in [4.78, 5) is 0. The molecule has 0 saturated carbocycles. The first kappa shape index (κ1) is 19.2. The van der Waals surface area contributed by atoms with Gasteiger partial charge in [-0.15, -0.1) is 0 Å². The molecule has 1 aromatic rings. The fourth-order valence-corrected chi connectivity index (χ4v) is 3.18. The summed E-state index contributed by atoms with van der Waals surface area (Å²) < 4.78 is 0. The van der Waals surface area contributed by atoms with E-state index < -0.39 is 0 Å². The molecule has 0 aliphatic heterocycles. The minimum Gasteiger partial charge on any atom is -0.162 e. The average Bonchev–Trinajstić information content (AvgIpc) is 2.56. The lowest BCUT2D eigenvalue weighted by Crippen LogP contribution is -1.84. The maximum Gasteiger partial charge on any atom is 0.0245 e. The number of unbranched alkanes of at least 4 members (excludes halogenated alkanes) is 9. The molecule has 1 rings (SSSR count). The zero-order valence-corrected chi connectivity index (χ0v) is 15.1. The Kier molecular flexibility index (Phi) is 13.1. The molecule has 0 spiro atoms. The van der Waals surface area contributed by atoms with Gasteiger partial charge in [0.2, 0.25) is 0 Å². The van der Waals surface area contributed by atoms with Crippen LogP contribution in [-0.4, -0.2) is 11.5 Å². The number of thioether (sulfide) groups is 1. The molecular weight excluding hydrogens is 284 g/mol. The Morgan fingerprint density at radius 2 is 1.36 bits per heavy atom. The second kappa shape index (κ2) is 15.0. The Morgan fingerprint density at radius 3 is 2.00 bits per heavy atom. The summed E-state index contributed by atoms with van der Waals surface area (Å²) in [5.74, 6) is 9.15. The Labute approximate surface area is 142 Å². The van der Waals surface area contributed by atoms with Crippen molar-refractivity contribution in [3.63, 3.8) is 0 Å². The summed E-state index contributed by atoms with van der Waals surface area (Å²) in [6, 6.07) is 10.3. The topological polar surface area (TPSA) is 0 Å². The Balaban J connectivity index is 1.81. The summed E-state index contributed by atoms with van der Waals surface area (Å²) in [7, 11) is 0. The van der Waals surface area contributed by atoms with Gasteiger partial charge in [0, 0.05) is 12.0 Å². The molecule has 0 amide bonds. The van der Waals surface area contributed by atoms with Crippen LogP contribution in [0.5, 0.6) is 0 Å². The summed E-state index contributed by atoms with van der Waals surface area (Å²) in [5.41, 5.74) is 1.14. The van der Waals surface area contributed by atoms with Crippen LogP contribution in [0.4, 0.5) is 0 Å². The molecule has 0 heterocycles. The molecule has 0 nitrogen and oxygen atoms in total. The van der Waals surface area contributed by atoms with E-state index >= 15 is 0 Å². The quantitative estimate of drug-likeness (QED) is 0.306. The second-order valence-corrected chi connectivity index (χ2v) is 7.19. The third kappa shape index (κ3) is 11.8. The first-order valence-electron chi connectivity index (χ1n) is 9.05. The van der Waals surface area contributed by atoms with Gasteiger partial charge in [-0.05, 0) is 36.5 Å². The van der Waals surface area contributed by atoms with E-state index in [0.29, 0.717) is 0 Å². The van der Waals surface area contributed by atoms with Crippen molar-refractivity contribution in [1.29, 1.82) is 0 Å². The predicted octanol–water partition coefficient (Wildman–Crippen LogP) is 6.69. The van der Waals surface area contributed by atoms with E-state index in [1.807, 2.05) is 18.2 Å². The van der Waals surface area contributed by atoms with Gasteiger partial charge in [0.1, 0.15) is 0 Å². The van der Waals surface area contributed by atoms with Crippen molar-refractivity contribution < 1.29 is 0 Å². The van der Waals surface area contributed by atoms with Gasteiger partial charge in [0.25, 0.3) is 0 Å². The lowest BCUT2D eigenvalue weighted by molar-refractivity contribution is 0.568. The summed E-state index contributed by atoms with van der Waals surface area (Å²) >= 11 is 2.08. The van der Waals surface area contributed by atoms with Crippen molar-refractivity contribution >= 4 is 11.8 Å². The van der Waals surface area contributed by atoms with Gasteiger partial charge in [-0.25, -0.2) is 0 Å². The molecular formula is C21H32S. The fraction of sp³-hybridized carbons (Fsp3) is 0.619. The van der Waals surface area contributed by atoms with Crippen LogP contribution in [0, 0.1) is 11.8 Å². The normalized spacial score (nSPS) is 10.2. The van der Waals surface area contributed by atoms with Gasteiger partial charge in [-0.2, -0.15) is 11.8 Å². The summed E-state index contributed by atoms with van der Waals surface area (Å²) in [5, 5.41) is 0. The van der Waals surface area contributed by atoms with E-state index in [4.69, 9.17) is 0 Å². The fourth-order valence-electron chi connectivity index (χ4n) is 2.49. The molecule has 0 N–H and O–H groups in total. The molecule has 0 radical (unpaired) electrons. The standard InChI is InChI=1S/C21H32S/c1-2-22-20-16-11-9-7-5-3-4-6-8-10-13-17-21-18-14-12-15-19-21/h12,14-15,18-19H,2-11,16,20H2,1H3. The Hall–Kier alpha value is -0.870. The van der Waals surface area contributed by atoms with E-state index in [9.17, 15) is 0 Å². The van der Waals surface area contributed by atoms with Crippen molar-refractivity contribution in [2.45, 2.75) is 71.1 Å². The molecule has 0 fully saturated rings. The van der Waals surface area contributed by atoms with E-state index in [2.05, 4.69) is 42.7 Å². The molecule has 1 aromatic carbocycles. The van der Waals surface area contributed by atoms with Crippen molar-refractivity contribution in [3.05, 3.63) is 35.9 Å². The highest BCUT2D eigenvalue weighted by molar-refractivity contribution is 7.99. The van der Waals surface area contributed by atoms with E-state index in [0.717, 1.165) is 12.0 Å². The van der Waals surface area contributed by atoms with Crippen LogP contribution >= 0.6 is 11.8 Å². The van der Waals surface area contributed by atoms with Crippen LogP contribution in [0.2, 0.25) is 0 Å². The van der Waals surface area contributed by atoms with E-state index in [1.54, 1.807) is 0 Å². The number of benzene rings is 1. The van der Waals surface area contributed by atoms with E-state index in [-0.39, 0.29) is 0 Å². The largest absolute Gasteiger partial charge is 0.162 e. The predicted molar refractivity (Wildman–Crippen MR) is 102 cm³/mol. The van der Waals surface area contributed by atoms with Crippen molar-refractivity contribution in [2.75, 3.05) is 11.5 Å². The molecule has 0 aromatic heterocycles. The minimum absolute atomic E-state index is 1.05. The monoisotopic (exact) mass is 316 g/mol. The van der Waals surface area contributed by atoms with Crippen LogP contribution < -0.4 is 0 Å². The number of hydrogen-bond donors (Lipinski definition) is 0. The second-order valence-electron chi connectivity index (χ2n) is 5.80. The molecule has 122 valence electrons. The molecule has 0 unspecified atom stereocenters. The molecule has 0 saturated heterocycles. The van der Waals surface area contributed by atoms with Crippen LogP contribution in [0.3, 0.4) is 0 Å². The van der Waals surface area contributed by atoms with Gasteiger partial charge in [-0.3, -0.25) is 0 Å². The smallest absolute Gasteiger partial charge is 0.0245 e. The maximum absolute atomic E-state index is 3.29. The molecule has 0 bridgehead atoms. The van der Waals surface area contributed by atoms with Gasteiger partial charge < -0.3 is 0 Å². The van der Waals surface area contributed by atoms with Crippen LogP contribution in [0.1, 0.15) is 76.7 Å². The summed E-state index contributed by atoms with van der Waals surface area (Å²) in [6.45, 7) is 2.25. The Morgan fingerprint density at radius 1 is 0.773 bits per heavy atom. The summed E-state index contributed by atoms with van der Waals surface area (Å²) in [6.07, 6.45) is 13.6. The highest BCUT2D eigenvalue weighted by atomic mass is 32.2. The lowest BCUT2D eigenvalue weighted by Gasteiger charge is -2.01. The highest BCUT2D eigenvalue weighted by Crippen LogP contribution is 2.12. The Bertz CT molecular complexity index is 399. The minimum atomic E-state index is 1.05. The van der Waals surface area contributed by atoms with Crippen molar-refractivity contribution in [1.82, 2.24) is 0 Å². The zero-order valence-electron chi connectivity index (χ0n) is 14.3. The van der Waals surface area contributed by atoms with Crippen molar-refractivity contribution in [3.8, 4) is 11.8 Å². The number of rotatable bonds is 12. The first-order chi connectivity index (χ1) is 10.9. The van der Waals surface area contributed by atoms with Gasteiger partial charge >= 0.3 is 0 Å². The van der Waals surface area contributed by atoms with Gasteiger partial charge in [-0.1, -0.05) is 81.9 Å². The molecule has 0 aliphatic rings. The third-order valence-electron chi connectivity index (χ3n) is 3.80. The maximum atomic E-state index is 3.29. The lowest BCUT2D eigenvalue weighted by atomic mass is 10.1. The van der Waals surface area contributed by atoms with Crippen molar-refractivity contribution in [2.24, 2.45) is 0 Å². The van der Waals surface area contributed by atoms with Crippen LogP contribution in [0.25, 0.3) is 0 Å². The molecule has 0 aliphatic carbocycles. The third-order valence-corrected chi connectivity index (χ3v) is 4.79. The van der Waals surface area contributed by atoms with Crippen LogP contribution in [-0.2, 0) is 0 Å². The molecule has 22 heavy (non-hydrogen) atoms. The SMILES string of the molecule is CCSCCCCCCCCCCCC#Cc1ccccc1. The zero-order chi connectivity index (χ0) is 15.7. The average molecular weight is 317 g/mol. The first-order valence-corrected chi connectivity index (χ1v) is 10.2. The number of hydrogen-bond acceptors (Lipinski definition) is 1. The molecule has 0 atom stereocenters. The van der Waals surface area contributed by atoms with Crippen LogP contribution in [0.15, 0.2) is 30.3 Å².